The average molecular weight is 210 g/mol. The van der Waals surface area contributed by atoms with Crippen LogP contribution in [0.2, 0.25) is 0 Å². The van der Waals surface area contributed by atoms with Crippen LogP contribution >= 0.6 is 0 Å². The Labute approximate surface area is 97.4 Å². The van der Waals surface area contributed by atoms with Gasteiger partial charge in [-0.25, -0.2) is 0 Å². The first kappa shape index (κ1) is 9.04. The number of fused-ring (bicyclic) bond motifs is 4. The summed E-state index contributed by atoms with van der Waals surface area (Å²) >= 11 is 0. The van der Waals surface area contributed by atoms with Gasteiger partial charge in [0.25, 0.3) is 0 Å². The summed E-state index contributed by atoms with van der Waals surface area (Å²) in [6, 6.07) is 0. The number of allylic oxidation sites excluding steroid dienone is 8. The Kier molecular flexibility index (Phi) is 1.30. The molecule has 2 atom stereocenters. The maximum atomic E-state index is 2.49. The van der Waals surface area contributed by atoms with Crippen LogP contribution in [0.25, 0.3) is 0 Å². The van der Waals surface area contributed by atoms with Gasteiger partial charge in [0.05, 0.1) is 0 Å². The van der Waals surface area contributed by atoms with Gasteiger partial charge >= 0.3 is 0 Å². The third kappa shape index (κ3) is 0.687. The second-order valence-electron chi connectivity index (χ2n) is 6.44. The van der Waals surface area contributed by atoms with Gasteiger partial charge in [0.2, 0.25) is 0 Å². The lowest BCUT2D eigenvalue weighted by Crippen LogP contribution is -2.28. The molecule has 0 saturated heterocycles. The van der Waals surface area contributed by atoms with Gasteiger partial charge in [-0.15, -0.1) is 0 Å². The molecule has 4 aliphatic carbocycles. The highest BCUT2D eigenvalue weighted by Gasteiger charge is 2.76. The zero-order chi connectivity index (χ0) is 11.0. The van der Waals surface area contributed by atoms with Gasteiger partial charge in [0, 0.05) is 10.8 Å². The fraction of sp³-hybridized carbons (Fsp3) is 0.500. The van der Waals surface area contributed by atoms with Gasteiger partial charge in [-0.3, -0.25) is 0 Å². The van der Waals surface area contributed by atoms with Gasteiger partial charge in [0.15, 0.2) is 0 Å². The van der Waals surface area contributed by atoms with Crippen LogP contribution in [-0.4, -0.2) is 0 Å². The molecule has 0 aromatic carbocycles. The highest BCUT2D eigenvalue weighted by atomic mass is 14.8. The standard InChI is InChI=1S/C16H18/c1-14(2)13-5-3-4-8-16(13,14)15-9-6-12(11-15)7-10-15/h3-10,12-13H,11H2,1-2H3. The predicted molar refractivity (Wildman–Crippen MR) is 66.8 cm³/mol. The van der Waals surface area contributed by atoms with Crippen LogP contribution in [0, 0.1) is 28.1 Å². The van der Waals surface area contributed by atoms with Crippen LogP contribution in [-0.2, 0) is 0 Å². The largest absolute Gasteiger partial charge is 0.0807 e. The van der Waals surface area contributed by atoms with E-state index in [2.05, 4.69) is 62.5 Å². The van der Waals surface area contributed by atoms with Crippen molar-refractivity contribution in [1.82, 2.24) is 0 Å². The molecule has 0 nitrogen and oxygen atoms in total. The molecular formula is C16H18. The van der Waals surface area contributed by atoms with E-state index in [4.69, 9.17) is 0 Å². The Bertz CT molecular complexity index is 458. The van der Waals surface area contributed by atoms with Crippen molar-refractivity contribution in [3.05, 3.63) is 48.6 Å². The third-order valence-electron chi connectivity index (χ3n) is 5.65. The molecule has 0 radical (unpaired) electrons. The molecule has 2 unspecified atom stereocenters. The minimum Gasteiger partial charge on any atom is -0.0807 e. The maximum absolute atomic E-state index is 2.49. The second kappa shape index (κ2) is 2.30. The summed E-state index contributed by atoms with van der Waals surface area (Å²) in [5, 5.41) is 0. The van der Waals surface area contributed by atoms with Gasteiger partial charge in [-0.2, -0.15) is 0 Å². The topological polar surface area (TPSA) is 0 Å². The van der Waals surface area contributed by atoms with Crippen LogP contribution in [0.3, 0.4) is 0 Å². The zero-order valence-electron chi connectivity index (χ0n) is 9.98. The lowest BCUT2D eigenvalue weighted by atomic mass is 9.68. The lowest BCUT2D eigenvalue weighted by Gasteiger charge is -2.34. The Morgan fingerprint density at radius 3 is 2.25 bits per heavy atom. The molecular weight excluding hydrogens is 192 g/mol. The van der Waals surface area contributed by atoms with Gasteiger partial charge in [0.1, 0.15) is 0 Å². The lowest BCUT2D eigenvalue weighted by molar-refractivity contribution is 0.266. The quantitative estimate of drug-likeness (QED) is 0.576. The van der Waals surface area contributed by atoms with E-state index in [0.29, 0.717) is 22.2 Å². The average Bonchev–Trinajstić information content (AvgIpc) is 2.70. The monoisotopic (exact) mass is 210 g/mol. The first-order chi connectivity index (χ1) is 7.62. The molecule has 4 rings (SSSR count). The summed E-state index contributed by atoms with van der Waals surface area (Å²) in [7, 11) is 0. The van der Waals surface area contributed by atoms with Crippen molar-refractivity contribution in [2.24, 2.45) is 28.1 Å². The van der Waals surface area contributed by atoms with E-state index in [-0.39, 0.29) is 0 Å². The van der Waals surface area contributed by atoms with E-state index in [1.54, 1.807) is 0 Å². The molecule has 0 aromatic rings. The fourth-order valence-electron chi connectivity index (χ4n) is 4.79. The SMILES string of the molecule is CC1(C)C2C=CC=CC21C12C=CC(C=C1)C2. The van der Waals surface area contributed by atoms with Crippen LogP contribution in [0.4, 0.5) is 0 Å². The Morgan fingerprint density at radius 2 is 1.69 bits per heavy atom. The Hall–Kier alpha value is -1.04. The van der Waals surface area contributed by atoms with Crippen LogP contribution in [0.1, 0.15) is 20.3 Å². The summed E-state index contributed by atoms with van der Waals surface area (Å²) in [6.07, 6.45) is 20.5. The fourth-order valence-corrected chi connectivity index (χ4v) is 4.79. The molecule has 0 N–H and O–H groups in total. The van der Waals surface area contributed by atoms with E-state index in [0.717, 1.165) is 5.92 Å². The van der Waals surface area contributed by atoms with Crippen molar-refractivity contribution in [3.63, 3.8) is 0 Å². The maximum Gasteiger partial charge on any atom is 0.0172 e. The van der Waals surface area contributed by atoms with Crippen LogP contribution < -0.4 is 0 Å². The highest BCUT2D eigenvalue weighted by Crippen LogP contribution is 2.81. The van der Waals surface area contributed by atoms with Gasteiger partial charge in [-0.05, 0) is 23.7 Å². The van der Waals surface area contributed by atoms with Crippen molar-refractivity contribution in [3.8, 4) is 0 Å². The Morgan fingerprint density at radius 1 is 0.938 bits per heavy atom. The van der Waals surface area contributed by atoms with Crippen molar-refractivity contribution in [2.75, 3.05) is 0 Å². The zero-order valence-corrected chi connectivity index (χ0v) is 9.98. The molecule has 1 saturated carbocycles. The molecule has 4 aliphatic rings. The first-order valence-electron chi connectivity index (χ1n) is 6.37. The molecule has 0 heterocycles. The third-order valence-corrected chi connectivity index (χ3v) is 5.65. The predicted octanol–water partition coefficient (Wildman–Crippen LogP) is 3.89. The number of hydrogen-bond donors (Lipinski definition) is 0. The molecule has 2 bridgehead atoms. The van der Waals surface area contributed by atoms with Crippen molar-refractivity contribution >= 4 is 0 Å². The second-order valence-corrected chi connectivity index (χ2v) is 6.44. The molecule has 82 valence electrons. The molecule has 0 aromatic heterocycles. The minimum absolute atomic E-state index is 0.326. The van der Waals surface area contributed by atoms with Crippen molar-refractivity contribution in [2.45, 2.75) is 20.3 Å². The van der Waals surface area contributed by atoms with Crippen molar-refractivity contribution < 1.29 is 0 Å². The van der Waals surface area contributed by atoms with Crippen LogP contribution in [0.15, 0.2) is 48.6 Å². The molecule has 0 aliphatic heterocycles. The minimum atomic E-state index is 0.326. The molecule has 1 fully saturated rings. The van der Waals surface area contributed by atoms with Gasteiger partial charge < -0.3 is 0 Å². The Balaban J connectivity index is 1.90. The first-order valence-corrected chi connectivity index (χ1v) is 6.37. The smallest absolute Gasteiger partial charge is 0.0172 e. The summed E-state index contributed by atoms with van der Waals surface area (Å²) in [4.78, 5) is 0. The van der Waals surface area contributed by atoms with Gasteiger partial charge in [-0.1, -0.05) is 62.5 Å². The number of hydrogen-bond acceptors (Lipinski definition) is 0. The van der Waals surface area contributed by atoms with E-state index in [1.165, 1.54) is 6.42 Å². The summed E-state index contributed by atoms with van der Waals surface area (Å²) < 4.78 is 0. The molecule has 0 heteroatoms. The molecule has 0 amide bonds. The van der Waals surface area contributed by atoms with Crippen molar-refractivity contribution in [1.29, 1.82) is 0 Å². The van der Waals surface area contributed by atoms with E-state index >= 15 is 0 Å². The van der Waals surface area contributed by atoms with E-state index in [1.807, 2.05) is 0 Å². The molecule has 0 spiro atoms. The molecule has 16 heavy (non-hydrogen) atoms. The van der Waals surface area contributed by atoms with E-state index < -0.39 is 0 Å². The van der Waals surface area contributed by atoms with Crippen LogP contribution in [0.5, 0.6) is 0 Å². The van der Waals surface area contributed by atoms with E-state index in [9.17, 15) is 0 Å². The highest BCUT2D eigenvalue weighted by molar-refractivity contribution is 5.48. The number of rotatable bonds is 1. The summed E-state index contributed by atoms with van der Waals surface area (Å²) in [6.45, 7) is 4.86. The summed E-state index contributed by atoms with van der Waals surface area (Å²) in [5.74, 6) is 1.45. The summed E-state index contributed by atoms with van der Waals surface area (Å²) in [5.41, 5.74) is 1.12. The normalized spacial score (nSPS) is 53.4.